The molecule has 0 spiro atoms. The number of urea groups is 1. The van der Waals surface area contributed by atoms with Crippen molar-refractivity contribution in [3.8, 4) is 0 Å². The van der Waals surface area contributed by atoms with E-state index in [0.29, 0.717) is 13.1 Å². The van der Waals surface area contributed by atoms with Crippen molar-refractivity contribution < 1.29 is 14.7 Å². The summed E-state index contributed by atoms with van der Waals surface area (Å²) < 4.78 is 0. The van der Waals surface area contributed by atoms with E-state index in [9.17, 15) is 9.59 Å². The largest absolute Gasteiger partial charge is 0.480 e. The highest BCUT2D eigenvalue weighted by atomic mass is 16.4. The molecule has 0 heterocycles. The Balaban J connectivity index is 4.24. The first-order valence-electron chi connectivity index (χ1n) is 5.29. The summed E-state index contributed by atoms with van der Waals surface area (Å²) in [6, 6.07) is -1.21. The summed E-state index contributed by atoms with van der Waals surface area (Å²) in [5, 5.41) is 14.3. The minimum absolute atomic E-state index is 0.140. The van der Waals surface area contributed by atoms with E-state index in [0.717, 1.165) is 0 Å². The van der Waals surface area contributed by atoms with Crippen molar-refractivity contribution in [3.63, 3.8) is 0 Å². The number of nitrogens with one attached hydrogen (secondary N) is 2. The average molecular weight is 231 g/mol. The molecule has 6 heteroatoms. The molecule has 0 aromatic carbocycles. The quantitative estimate of drug-likeness (QED) is 0.599. The Kier molecular flexibility index (Phi) is 6.48. The molecule has 0 aliphatic rings. The Hall–Kier alpha value is -1.30. The van der Waals surface area contributed by atoms with Gasteiger partial charge in [-0.25, -0.2) is 9.59 Å². The zero-order valence-corrected chi connectivity index (χ0v) is 10.3. The average Bonchev–Trinajstić information content (AvgIpc) is 2.20. The van der Waals surface area contributed by atoms with E-state index in [1.807, 2.05) is 0 Å². The van der Waals surface area contributed by atoms with Crippen LogP contribution in [-0.4, -0.2) is 55.2 Å². The number of nitrogens with zero attached hydrogens (tertiary/aromatic N) is 1. The van der Waals surface area contributed by atoms with Crippen LogP contribution in [-0.2, 0) is 4.79 Å². The van der Waals surface area contributed by atoms with Gasteiger partial charge in [-0.1, -0.05) is 13.8 Å². The van der Waals surface area contributed by atoms with Gasteiger partial charge in [0.2, 0.25) is 0 Å². The molecule has 0 fully saturated rings. The fraction of sp³-hybridized carbons (Fsp3) is 0.800. The van der Waals surface area contributed by atoms with Gasteiger partial charge < -0.3 is 20.6 Å². The van der Waals surface area contributed by atoms with Crippen LogP contribution in [0.2, 0.25) is 0 Å². The Bertz CT molecular complexity index is 243. The fourth-order valence-corrected chi connectivity index (χ4v) is 1.14. The van der Waals surface area contributed by atoms with Gasteiger partial charge >= 0.3 is 12.0 Å². The SMILES string of the molecule is CNCCN(C)C(=O)NC(C(=O)O)C(C)C. The van der Waals surface area contributed by atoms with Gasteiger partial charge in [-0.15, -0.1) is 0 Å². The first-order chi connectivity index (χ1) is 7.40. The maximum absolute atomic E-state index is 11.6. The molecule has 6 nitrogen and oxygen atoms in total. The highest BCUT2D eigenvalue weighted by Crippen LogP contribution is 2.02. The topological polar surface area (TPSA) is 81.7 Å². The van der Waals surface area contributed by atoms with Crippen molar-refractivity contribution in [1.29, 1.82) is 0 Å². The number of aliphatic carboxylic acids is 1. The number of rotatable bonds is 6. The third kappa shape index (κ3) is 4.97. The number of carbonyl (C=O) groups is 2. The third-order valence-electron chi connectivity index (χ3n) is 2.26. The summed E-state index contributed by atoms with van der Waals surface area (Å²) in [6.07, 6.45) is 0. The van der Waals surface area contributed by atoms with E-state index < -0.39 is 12.0 Å². The molecule has 0 aromatic rings. The van der Waals surface area contributed by atoms with Crippen molar-refractivity contribution >= 4 is 12.0 Å². The summed E-state index contributed by atoms with van der Waals surface area (Å²) in [6.45, 7) is 4.72. The molecular weight excluding hydrogens is 210 g/mol. The summed E-state index contributed by atoms with van der Waals surface area (Å²) in [7, 11) is 3.42. The summed E-state index contributed by atoms with van der Waals surface area (Å²) in [4.78, 5) is 23.9. The molecule has 0 aliphatic heterocycles. The molecule has 3 N–H and O–H groups in total. The number of amides is 2. The summed E-state index contributed by atoms with van der Waals surface area (Å²) >= 11 is 0. The second-order valence-corrected chi connectivity index (χ2v) is 4.03. The Labute approximate surface area is 96.0 Å². The van der Waals surface area contributed by atoms with Crippen molar-refractivity contribution in [2.75, 3.05) is 27.2 Å². The second-order valence-electron chi connectivity index (χ2n) is 4.03. The van der Waals surface area contributed by atoms with Crippen LogP contribution in [0.3, 0.4) is 0 Å². The van der Waals surface area contributed by atoms with E-state index in [2.05, 4.69) is 10.6 Å². The lowest BCUT2D eigenvalue weighted by atomic mass is 10.1. The molecule has 0 aromatic heterocycles. The molecule has 1 unspecified atom stereocenters. The Morgan fingerprint density at radius 3 is 2.31 bits per heavy atom. The number of hydrogen-bond donors (Lipinski definition) is 3. The van der Waals surface area contributed by atoms with Gasteiger partial charge in [0.1, 0.15) is 6.04 Å². The van der Waals surface area contributed by atoms with Crippen molar-refractivity contribution in [3.05, 3.63) is 0 Å². The van der Waals surface area contributed by atoms with Gasteiger partial charge in [0, 0.05) is 20.1 Å². The lowest BCUT2D eigenvalue weighted by Gasteiger charge is -2.23. The number of likely N-dealkylation sites (N-methyl/N-ethyl adjacent to an activating group) is 2. The first-order valence-corrected chi connectivity index (χ1v) is 5.29. The molecule has 1 atom stereocenters. The number of carboxylic acids is 1. The van der Waals surface area contributed by atoms with Crippen LogP contribution in [0.25, 0.3) is 0 Å². The fourth-order valence-electron chi connectivity index (χ4n) is 1.14. The minimum Gasteiger partial charge on any atom is -0.480 e. The van der Waals surface area contributed by atoms with Gasteiger partial charge in [0.15, 0.2) is 0 Å². The monoisotopic (exact) mass is 231 g/mol. The van der Waals surface area contributed by atoms with E-state index in [1.165, 1.54) is 4.90 Å². The van der Waals surface area contributed by atoms with E-state index in [-0.39, 0.29) is 11.9 Å². The smallest absolute Gasteiger partial charge is 0.326 e. The van der Waals surface area contributed by atoms with Crippen LogP contribution in [0.1, 0.15) is 13.8 Å². The molecule has 94 valence electrons. The zero-order valence-electron chi connectivity index (χ0n) is 10.3. The molecule has 2 amide bonds. The molecule has 16 heavy (non-hydrogen) atoms. The van der Waals surface area contributed by atoms with E-state index in [1.54, 1.807) is 27.9 Å². The van der Waals surface area contributed by atoms with Crippen molar-refractivity contribution in [1.82, 2.24) is 15.5 Å². The van der Waals surface area contributed by atoms with Crippen LogP contribution in [0.4, 0.5) is 4.79 Å². The van der Waals surface area contributed by atoms with Gasteiger partial charge in [0.25, 0.3) is 0 Å². The van der Waals surface area contributed by atoms with Crippen molar-refractivity contribution in [2.45, 2.75) is 19.9 Å². The lowest BCUT2D eigenvalue weighted by molar-refractivity contribution is -0.140. The van der Waals surface area contributed by atoms with Crippen LogP contribution < -0.4 is 10.6 Å². The molecule has 0 rings (SSSR count). The Morgan fingerprint density at radius 2 is 1.94 bits per heavy atom. The van der Waals surface area contributed by atoms with Gasteiger partial charge in [0.05, 0.1) is 0 Å². The molecule has 0 aliphatic carbocycles. The first kappa shape index (κ1) is 14.7. The van der Waals surface area contributed by atoms with Crippen LogP contribution in [0, 0.1) is 5.92 Å². The highest BCUT2D eigenvalue weighted by Gasteiger charge is 2.24. The van der Waals surface area contributed by atoms with Gasteiger partial charge in [-0.05, 0) is 13.0 Å². The Morgan fingerprint density at radius 1 is 1.38 bits per heavy atom. The predicted octanol–water partition coefficient (Wildman–Crippen LogP) is -0.0436. The maximum atomic E-state index is 11.6. The van der Waals surface area contributed by atoms with Gasteiger partial charge in [-0.3, -0.25) is 0 Å². The van der Waals surface area contributed by atoms with Gasteiger partial charge in [-0.2, -0.15) is 0 Å². The molecule has 0 bridgehead atoms. The van der Waals surface area contributed by atoms with Crippen LogP contribution in [0.15, 0.2) is 0 Å². The minimum atomic E-state index is -1.01. The van der Waals surface area contributed by atoms with Crippen LogP contribution in [0.5, 0.6) is 0 Å². The lowest BCUT2D eigenvalue weighted by Crippen LogP contribution is -2.50. The van der Waals surface area contributed by atoms with Crippen LogP contribution >= 0.6 is 0 Å². The molecular formula is C10H21N3O3. The number of carboxylic acid groups (broad SMARTS) is 1. The standard InChI is InChI=1S/C10H21N3O3/c1-7(2)8(9(14)15)12-10(16)13(4)6-5-11-3/h7-8,11H,5-6H2,1-4H3,(H,12,16)(H,14,15). The molecule has 0 radical (unpaired) electrons. The maximum Gasteiger partial charge on any atom is 0.326 e. The molecule has 0 saturated heterocycles. The normalized spacial score (nSPS) is 12.3. The molecule has 0 saturated carbocycles. The predicted molar refractivity (Wildman–Crippen MR) is 61.4 cm³/mol. The van der Waals surface area contributed by atoms with E-state index >= 15 is 0 Å². The number of hydrogen-bond acceptors (Lipinski definition) is 3. The third-order valence-corrected chi connectivity index (χ3v) is 2.26. The summed E-state index contributed by atoms with van der Waals surface area (Å²) in [5.41, 5.74) is 0. The van der Waals surface area contributed by atoms with Crippen molar-refractivity contribution in [2.24, 2.45) is 5.92 Å². The van der Waals surface area contributed by atoms with E-state index in [4.69, 9.17) is 5.11 Å². The number of carbonyl (C=O) groups excluding carboxylic acids is 1. The summed E-state index contributed by atoms with van der Waals surface area (Å²) in [5.74, 6) is -1.15. The highest BCUT2D eigenvalue weighted by molar-refractivity contribution is 5.82. The second kappa shape index (κ2) is 7.05. The zero-order chi connectivity index (χ0) is 12.7.